The van der Waals surface area contributed by atoms with Gasteiger partial charge < -0.3 is 9.84 Å². The molecule has 20 heavy (non-hydrogen) atoms. The van der Waals surface area contributed by atoms with E-state index in [4.69, 9.17) is 4.74 Å². The monoisotopic (exact) mass is 278 g/mol. The van der Waals surface area contributed by atoms with Gasteiger partial charge in [-0.2, -0.15) is 0 Å². The van der Waals surface area contributed by atoms with E-state index in [1.807, 2.05) is 45.0 Å². The number of carbonyl (C=O) groups is 1. The molecular formula is C17H26O3. The Morgan fingerprint density at radius 2 is 1.85 bits per heavy atom. The van der Waals surface area contributed by atoms with Crippen molar-refractivity contribution in [1.82, 2.24) is 0 Å². The van der Waals surface area contributed by atoms with E-state index in [1.165, 1.54) is 5.56 Å². The Morgan fingerprint density at radius 3 is 2.30 bits per heavy atom. The minimum atomic E-state index is -1.44. The molecule has 0 spiro atoms. The van der Waals surface area contributed by atoms with Crippen molar-refractivity contribution in [3.05, 3.63) is 35.4 Å². The number of aryl methyl sites for hydroxylation is 1. The van der Waals surface area contributed by atoms with Gasteiger partial charge in [-0.25, -0.2) is 4.79 Å². The fourth-order valence-corrected chi connectivity index (χ4v) is 2.70. The molecule has 0 aliphatic rings. The van der Waals surface area contributed by atoms with Gasteiger partial charge in [-0.3, -0.25) is 0 Å². The first-order valence-corrected chi connectivity index (χ1v) is 7.45. The Hall–Kier alpha value is -1.35. The minimum absolute atomic E-state index is 0.234. The average molecular weight is 278 g/mol. The van der Waals surface area contributed by atoms with Crippen LogP contribution in [0.5, 0.6) is 0 Å². The van der Waals surface area contributed by atoms with Crippen molar-refractivity contribution in [1.29, 1.82) is 0 Å². The van der Waals surface area contributed by atoms with Crippen molar-refractivity contribution in [2.45, 2.75) is 58.5 Å². The second-order valence-corrected chi connectivity index (χ2v) is 5.27. The van der Waals surface area contributed by atoms with Crippen LogP contribution in [-0.2, 0) is 9.53 Å². The zero-order valence-electron chi connectivity index (χ0n) is 13.0. The summed E-state index contributed by atoms with van der Waals surface area (Å²) in [6.07, 6.45) is 1.84. The largest absolute Gasteiger partial charge is 0.464 e. The highest BCUT2D eigenvalue weighted by atomic mass is 16.5. The van der Waals surface area contributed by atoms with E-state index >= 15 is 0 Å². The second-order valence-electron chi connectivity index (χ2n) is 5.27. The van der Waals surface area contributed by atoms with Crippen molar-refractivity contribution in [2.24, 2.45) is 0 Å². The van der Waals surface area contributed by atoms with E-state index in [0.717, 1.165) is 12.0 Å². The molecule has 0 saturated heterocycles. The lowest BCUT2D eigenvalue weighted by Crippen LogP contribution is -2.45. The Morgan fingerprint density at radius 1 is 1.25 bits per heavy atom. The molecular weight excluding hydrogens is 252 g/mol. The van der Waals surface area contributed by atoms with E-state index < -0.39 is 11.6 Å². The number of hydrogen-bond acceptors (Lipinski definition) is 3. The van der Waals surface area contributed by atoms with Crippen molar-refractivity contribution < 1.29 is 14.6 Å². The average Bonchev–Trinajstić information content (AvgIpc) is 2.42. The molecule has 0 amide bonds. The molecule has 0 aromatic heterocycles. The number of benzene rings is 1. The third kappa shape index (κ3) is 3.60. The van der Waals surface area contributed by atoms with Crippen molar-refractivity contribution in [3.8, 4) is 0 Å². The summed E-state index contributed by atoms with van der Waals surface area (Å²) in [6.45, 7) is 8.02. The smallest absolute Gasteiger partial charge is 0.338 e. The molecule has 0 fully saturated rings. The summed E-state index contributed by atoms with van der Waals surface area (Å²) in [5.74, 6) is -0.739. The highest BCUT2D eigenvalue weighted by molar-refractivity contribution is 5.80. The van der Waals surface area contributed by atoms with Gasteiger partial charge in [0.25, 0.3) is 0 Å². The zero-order valence-corrected chi connectivity index (χ0v) is 13.0. The van der Waals surface area contributed by atoms with Crippen LogP contribution < -0.4 is 0 Å². The van der Waals surface area contributed by atoms with Crippen LogP contribution in [-0.4, -0.2) is 23.3 Å². The van der Waals surface area contributed by atoms with Gasteiger partial charge in [-0.15, -0.1) is 0 Å². The summed E-state index contributed by atoms with van der Waals surface area (Å²) in [6, 6.07) is 8.00. The minimum Gasteiger partial charge on any atom is -0.464 e. The van der Waals surface area contributed by atoms with Gasteiger partial charge in [0.2, 0.25) is 0 Å². The van der Waals surface area contributed by atoms with Crippen LogP contribution in [0.2, 0.25) is 0 Å². The Kier molecular flexibility index (Phi) is 6.21. The van der Waals surface area contributed by atoms with Crippen LogP contribution in [0.15, 0.2) is 24.3 Å². The first kappa shape index (κ1) is 16.7. The predicted molar refractivity (Wildman–Crippen MR) is 80.7 cm³/mol. The Balaban J connectivity index is 3.14. The normalized spacial score (nSPS) is 15.4. The van der Waals surface area contributed by atoms with Crippen LogP contribution in [0.4, 0.5) is 0 Å². The van der Waals surface area contributed by atoms with Crippen LogP contribution in [0.25, 0.3) is 0 Å². The summed E-state index contributed by atoms with van der Waals surface area (Å²) in [4.78, 5) is 12.2. The van der Waals surface area contributed by atoms with Crippen LogP contribution in [0.1, 0.15) is 57.1 Å². The molecule has 1 aromatic carbocycles. The van der Waals surface area contributed by atoms with Gasteiger partial charge >= 0.3 is 5.97 Å². The van der Waals surface area contributed by atoms with Crippen molar-refractivity contribution in [2.75, 3.05) is 6.61 Å². The summed E-state index contributed by atoms with van der Waals surface area (Å²) in [5.41, 5.74) is 0.718. The molecule has 1 N–H and O–H groups in total. The first-order valence-electron chi connectivity index (χ1n) is 7.45. The molecule has 0 aliphatic heterocycles. The number of ether oxygens (including phenoxy) is 1. The number of carbonyl (C=O) groups excluding carboxylic acids is 1. The maximum absolute atomic E-state index is 12.2. The number of esters is 1. The summed E-state index contributed by atoms with van der Waals surface area (Å²) < 4.78 is 5.10. The molecule has 112 valence electrons. The van der Waals surface area contributed by atoms with Crippen LogP contribution >= 0.6 is 0 Å². The summed E-state index contributed by atoms with van der Waals surface area (Å²) >= 11 is 0. The van der Waals surface area contributed by atoms with Gasteiger partial charge in [0.1, 0.15) is 0 Å². The van der Waals surface area contributed by atoms with Gasteiger partial charge in [0.15, 0.2) is 5.60 Å². The lowest BCUT2D eigenvalue weighted by molar-refractivity contribution is -0.169. The van der Waals surface area contributed by atoms with Gasteiger partial charge in [0, 0.05) is 5.92 Å². The Bertz CT molecular complexity index is 424. The van der Waals surface area contributed by atoms with E-state index in [1.54, 1.807) is 6.92 Å². The fraction of sp³-hybridized carbons (Fsp3) is 0.588. The maximum atomic E-state index is 12.2. The van der Waals surface area contributed by atoms with Gasteiger partial charge in [-0.05, 0) is 32.3 Å². The molecule has 0 saturated carbocycles. The van der Waals surface area contributed by atoms with Crippen LogP contribution in [0, 0.1) is 6.92 Å². The molecule has 0 bridgehead atoms. The van der Waals surface area contributed by atoms with Crippen LogP contribution in [0.3, 0.4) is 0 Å². The molecule has 3 nitrogen and oxygen atoms in total. The van der Waals surface area contributed by atoms with Gasteiger partial charge in [0.05, 0.1) is 6.61 Å². The quantitative estimate of drug-likeness (QED) is 0.775. The lowest BCUT2D eigenvalue weighted by atomic mass is 9.77. The molecule has 2 atom stereocenters. The summed E-state index contributed by atoms with van der Waals surface area (Å²) in [5, 5.41) is 10.9. The van der Waals surface area contributed by atoms with Gasteiger partial charge in [-0.1, -0.05) is 50.1 Å². The molecule has 0 aliphatic carbocycles. The third-order valence-electron chi connectivity index (χ3n) is 3.72. The predicted octanol–water partition coefficient (Wildman–Crippen LogP) is 3.58. The molecule has 2 unspecified atom stereocenters. The Labute approximate surface area is 122 Å². The summed E-state index contributed by atoms with van der Waals surface area (Å²) in [7, 11) is 0. The number of hydrogen-bond donors (Lipinski definition) is 1. The zero-order chi connectivity index (χ0) is 15.2. The van der Waals surface area contributed by atoms with Crippen molar-refractivity contribution in [3.63, 3.8) is 0 Å². The standard InChI is InChI=1S/C17H26O3/c1-5-12-17(19,16(18)20-7-3)15(6-2)14-10-8-13(4)9-11-14/h8-11,15,19H,5-7,12H2,1-4H3. The van der Waals surface area contributed by atoms with E-state index in [2.05, 4.69) is 0 Å². The number of rotatable bonds is 7. The first-order chi connectivity index (χ1) is 9.49. The SMILES string of the molecule is CCCC(O)(C(=O)OCC)C(CC)c1ccc(C)cc1. The fourth-order valence-electron chi connectivity index (χ4n) is 2.70. The number of aliphatic hydroxyl groups is 1. The second kappa shape index (κ2) is 7.44. The lowest BCUT2D eigenvalue weighted by Gasteiger charge is -2.33. The topological polar surface area (TPSA) is 46.5 Å². The van der Waals surface area contributed by atoms with E-state index in [9.17, 15) is 9.90 Å². The molecule has 3 heteroatoms. The molecule has 1 rings (SSSR count). The highest BCUT2D eigenvalue weighted by Crippen LogP contribution is 2.36. The highest BCUT2D eigenvalue weighted by Gasteiger charge is 2.44. The maximum Gasteiger partial charge on any atom is 0.338 e. The molecule has 0 heterocycles. The third-order valence-corrected chi connectivity index (χ3v) is 3.72. The molecule has 1 aromatic rings. The molecule has 0 radical (unpaired) electrons. The van der Waals surface area contributed by atoms with E-state index in [0.29, 0.717) is 12.8 Å². The van der Waals surface area contributed by atoms with E-state index in [-0.39, 0.29) is 12.5 Å². The van der Waals surface area contributed by atoms with Crippen molar-refractivity contribution >= 4 is 5.97 Å².